The third-order valence-corrected chi connectivity index (χ3v) is 4.47. The Bertz CT molecular complexity index is 916. The first-order valence-electron chi connectivity index (χ1n) is 7.23. The lowest BCUT2D eigenvalue weighted by Crippen LogP contribution is -2.06. The first-order chi connectivity index (χ1) is 11.5. The largest absolute Gasteiger partial charge is 0.438 e. The van der Waals surface area contributed by atoms with Crippen molar-refractivity contribution >= 4 is 34.1 Å². The number of pyridine rings is 1. The van der Waals surface area contributed by atoms with Gasteiger partial charge in [-0.2, -0.15) is 0 Å². The number of allylic oxidation sites excluding steroid dienone is 1. The van der Waals surface area contributed by atoms with Gasteiger partial charge in [0, 0.05) is 17.3 Å². The van der Waals surface area contributed by atoms with Crippen LogP contribution in [0.5, 0.6) is 11.6 Å². The van der Waals surface area contributed by atoms with Gasteiger partial charge < -0.3 is 4.74 Å². The average molecular weight is 431 g/mol. The van der Waals surface area contributed by atoms with E-state index in [-0.39, 0.29) is 5.91 Å². The molecule has 24 heavy (non-hydrogen) atoms. The van der Waals surface area contributed by atoms with Crippen molar-refractivity contribution in [1.29, 1.82) is 0 Å². The monoisotopic (exact) mass is 431 g/mol. The number of hydrogen-bond donors (Lipinski definition) is 0. The Morgan fingerprint density at radius 2 is 1.96 bits per heavy atom. The Morgan fingerprint density at radius 3 is 2.67 bits per heavy atom. The quantitative estimate of drug-likeness (QED) is 0.638. The van der Waals surface area contributed by atoms with E-state index in [1.54, 1.807) is 13.1 Å². The molecule has 0 atom stereocenters. The summed E-state index contributed by atoms with van der Waals surface area (Å²) >= 11 is 2.18. The van der Waals surface area contributed by atoms with Crippen LogP contribution in [0.25, 0.3) is 5.57 Å². The highest BCUT2D eigenvalue weighted by atomic mass is 127. The number of halogens is 1. The maximum atomic E-state index is 11.8. The van der Waals surface area contributed by atoms with Gasteiger partial charge in [0.15, 0.2) is 0 Å². The van der Waals surface area contributed by atoms with E-state index >= 15 is 0 Å². The van der Waals surface area contributed by atoms with Crippen LogP contribution in [0, 0.1) is 10.5 Å². The van der Waals surface area contributed by atoms with Gasteiger partial charge in [-0.1, -0.05) is 12.6 Å². The predicted molar refractivity (Wildman–Crippen MR) is 99.8 cm³/mol. The van der Waals surface area contributed by atoms with Gasteiger partial charge in [-0.3, -0.25) is 4.79 Å². The van der Waals surface area contributed by atoms with Gasteiger partial charge in [0.1, 0.15) is 5.75 Å². The van der Waals surface area contributed by atoms with E-state index in [1.165, 1.54) is 0 Å². The highest BCUT2D eigenvalue weighted by Crippen LogP contribution is 2.35. The van der Waals surface area contributed by atoms with E-state index < -0.39 is 0 Å². The Balaban J connectivity index is 1.96. The van der Waals surface area contributed by atoms with Gasteiger partial charge in [0.2, 0.25) is 5.88 Å². The number of hydrogen-bond acceptors (Lipinski definition) is 4. The van der Waals surface area contributed by atoms with E-state index in [0.717, 1.165) is 20.3 Å². The zero-order valence-corrected chi connectivity index (χ0v) is 15.4. The Morgan fingerprint density at radius 1 is 1.17 bits per heavy atom. The average Bonchev–Trinajstić information content (AvgIpc) is 2.55. The molecule has 120 valence electrons. The third-order valence-electron chi connectivity index (χ3n) is 3.65. The van der Waals surface area contributed by atoms with Crippen molar-refractivity contribution in [2.75, 3.05) is 0 Å². The second-order valence-electron chi connectivity index (χ2n) is 5.32. The van der Waals surface area contributed by atoms with Gasteiger partial charge in [-0.15, -0.1) is 10.2 Å². The molecule has 0 spiro atoms. The number of azo groups is 1. The van der Waals surface area contributed by atoms with Crippen molar-refractivity contribution in [3.63, 3.8) is 0 Å². The molecule has 0 radical (unpaired) electrons. The second kappa shape index (κ2) is 6.64. The SMILES string of the molecule is C=C1N=NC(=O)C(C)=C1c1ccc(Oc2ncccc2I)cc1C. The van der Waals surface area contributed by atoms with E-state index in [0.29, 0.717) is 22.9 Å². The number of aromatic nitrogens is 1. The number of aryl methyl sites for hydroxylation is 1. The molecule has 1 amide bonds. The maximum Gasteiger partial charge on any atom is 0.291 e. The molecular weight excluding hydrogens is 417 g/mol. The molecule has 1 aromatic carbocycles. The summed E-state index contributed by atoms with van der Waals surface area (Å²) in [4.78, 5) is 16.0. The molecular formula is C18H14IN3O2. The van der Waals surface area contributed by atoms with E-state index in [2.05, 4.69) is 44.4 Å². The molecule has 5 nitrogen and oxygen atoms in total. The van der Waals surface area contributed by atoms with Crippen LogP contribution in [-0.4, -0.2) is 10.9 Å². The highest BCUT2D eigenvalue weighted by molar-refractivity contribution is 14.1. The number of carbonyl (C=O) groups is 1. The summed E-state index contributed by atoms with van der Waals surface area (Å²) in [6.45, 7) is 7.58. The van der Waals surface area contributed by atoms with Crippen molar-refractivity contribution in [2.24, 2.45) is 10.2 Å². The molecule has 1 aromatic heterocycles. The van der Waals surface area contributed by atoms with Gasteiger partial charge in [0.25, 0.3) is 5.91 Å². The maximum absolute atomic E-state index is 11.8. The molecule has 0 saturated carbocycles. The fraction of sp³-hybridized carbons (Fsp3) is 0.111. The number of amides is 1. The van der Waals surface area contributed by atoms with Crippen LogP contribution in [-0.2, 0) is 4.79 Å². The second-order valence-corrected chi connectivity index (χ2v) is 6.48. The highest BCUT2D eigenvalue weighted by Gasteiger charge is 2.21. The molecule has 0 fully saturated rings. The van der Waals surface area contributed by atoms with Crippen molar-refractivity contribution < 1.29 is 9.53 Å². The van der Waals surface area contributed by atoms with Crippen LogP contribution >= 0.6 is 22.6 Å². The van der Waals surface area contributed by atoms with Gasteiger partial charge in [-0.25, -0.2) is 4.98 Å². The molecule has 0 N–H and O–H groups in total. The predicted octanol–water partition coefficient (Wildman–Crippen LogP) is 5.07. The molecule has 2 aromatic rings. The normalized spacial score (nSPS) is 14.3. The molecule has 1 aliphatic rings. The number of rotatable bonds is 3. The lowest BCUT2D eigenvalue weighted by molar-refractivity contribution is -0.114. The summed E-state index contributed by atoms with van der Waals surface area (Å²) in [5, 5.41) is 7.42. The summed E-state index contributed by atoms with van der Waals surface area (Å²) < 4.78 is 6.77. The molecule has 0 aliphatic carbocycles. The van der Waals surface area contributed by atoms with Crippen LogP contribution < -0.4 is 4.74 Å². The fourth-order valence-electron chi connectivity index (χ4n) is 2.45. The van der Waals surface area contributed by atoms with Gasteiger partial charge >= 0.3 is 0 Å². The standard InChI is InChI=1S/C18H14IN3O2/c1-10-9-13(24-18-15(19)5-4-8-20-18)6-7-14(10)16-11(2)17(23)22-21-12(16)3/h4-9H,3H2,1-2H3. The minimum Gasteiger partial charge on any atom is -0.438 e. The molecule has 0 bridgehead atoms. The fourth-order valence-corrected chi connectivity index (χ4v) is 2.91. The summed E-state index contributed by atoms with van der Waals surface area (Å²) in [7, 11) is 0. The summed E-state index contributed by atoms with van der Waals surface area (Å²) in [5.74, 6) is 0.910. The number of ether oxygens (including phenoxy) is 1. The minimum atomic E-state index is -0.333. The Labute approximate surface area is 153 Å². The first kappa shape index (κ1) is 16.5. The van der Waals surface area contributed by atoms with Gasteiger partial charge in [-0.05, 0) is 71.8 Å². The van der Waals surface area contributed by atoms with Crippen LogP contribution in [0.4, 0.5) is 0 Å². The van der Waals surface area contributed by atoms with Gasteiger partial charge in [0.05, 0.1) is 9.27 Å². The molecule has 2 heterocycles. The van der Waals surface area contributed by atoms with E-state index in [4.69, 9.17) is 4.74 Å². The lowest BCUT2D eigenvalue weighted by Gasteiger charge is -2.16. The lowest BCUT2D eigenvalue weighted by atomic mass is 9.93. The van der Waals surface area contributed by atoms with E-state index in [1.807, 2.05) is 37.3 Å². The minimum absolute atomic E-state index is 0.333. The van der Waals surface area contributed by atoms with Crippen LogP contribution in [0.2, 0.25) is 0 Å². The Kier molecular flexibility index (Phi) is 4.57. The topological polar surface area (TPSA) is 63.9 Å². The van der Waals surface area contributed by atoms with Crippen molar-refractivity contribution in [3.05, 3.63) is 69.1 Å². The summed E-state index contributed by atoms with van der Waals surface area (Å²) in [6.07, 6.45) is 1.69. The molecule has 0 unspecified atom stereocenters. The summed E-state index contributed by atoms with van der Waals surface area (Å²) in [5.41, 5.74) is 3.62. The zero-order chi connectivity index (χ0) is 17.3. The van der Waals surface area contributed by atoms with Crippen molar-refractivity contribution in [2.45, 2.75) is 13.8 Å². The molecule has 6 heteroatoms. The van der Waals surface area contributed by atoms with E-state index in [9.17, 15) is 4.79 Å². The first-order valence-corrected chi connectivity index (χ1v) is 8.31. The van der Waals surface area contributed by atoms with Crippen LogP contribution in [0.15, 0.2) is 64.6 Å². The molecule has 0 saturated heterocycles. The van der Waals surface area contributed by atoms with Crippen molar-refractivity contribution in [3.8, 4) is 11.6 Å². The molecule has 1 aliphatic heterocycles. The third kappa shape index (κ3) is 3.14. The smallest absolute Gasteiger partial charge is 0.291 e. The number of benzene rings is 1. The van der Waals surface area contributed by atoms with Crippen molar-refractivity contribution in [1.82, 2.24) is 4.98 Å². The van der Waals surface area contributed by atoms with Crippen LogP contribution in [0.3, 0.4) is 0 Å². The number of carbonyl (C=O) groups excluding carboxylic acids is 1. The van der Waals surface area contributed by atoms with Crippen LogP contribution in [0.1, 0.15) is 18.1 Å². The molecule has 3 rings (SSSR count). The summed E-state index contributed by atoms with van der Waals surface area (Å²) in [6, 6.07) is 9.44. The zero-order valence-electron chi connectivity index (χ0n) is 13.2. The number of nitrogens with zero attached hydrogens (tertiary/aromatic N) is 3. The Hall–Kier alpha value is -2.35.